The van der Waals surface area contributed by atoms with Gasteiger partial charge in [0.15, 0.2) is 10.7 Å². The van der Waals surface area contributed by atoms with Crippen LogP contribution >= 0.6 is 0 Å². The Hall–Kier alpha value is -3.18. The maximum absolute atomic E-state index is 12.5. The van der Waals surface area contributed by atoms with Gasteiger partial charge < -0.3 is 0 Å². The zero-order valence-electron chi connectivity index (χ0n) is 12.7. The van der Waals surface area contributed by atoms with E-state index in [0.29, 0.717) is 11.4 Å². The van der Waals surface area contributed by atoms with Crippen LogP contribution < -0.4 is 4.72 Å². The second-order valence-corrected chi connectivity index (χ2v) is 6.61. The predicted molar refractivity (Wildman–Crippen MR) is 86.3 cm³/mol. The highest BCUT2D eigenvalue weighted by Gasteiger charge is 2.25. The van der Waals surface area contributed by atoms with Crippen molar-refractivity contribution < 1.29 is 13.3 Å². The van der Waals surface area contributed by atoms with Crippen LogP contribution in [0.2, 0.25) is 0 Å². The molecule has 128 valence electrons. The van der Waals surface area contributed by atoms with Crippen LogP contribution in [-0.2, 0) is 16.6 Å². The van der Waals surface area contributed by atoms with E-state index in [0.717, 1.165) is 6.07 Å². The highest BCUT2D eigenvalue weighted by molar-refractivity contribution is 7.89. The van der Waals surface area contributed by atoms with E-state index in [1.54, 1.807) is 12.1 Å². The molecule has 0 atom stereocenters. The first-order chi connectivity index (χ1) is 12.0. The van der Waals surface area contributed by atoms with Crippen LogP contribution in [0.4, 0.5) is 5.69 Å². The monoisotopic (exact) mass is 360 g/mol. The lowest BCUT2D eigenvalue weighted by Crippen LogP contribution is -2.25. The van der Waals surface area contributed by atoms with Gasteiger partial charge in [0.05, 0.1) is 4.92 Å². The lowest BCUT2D eigenvalue weighted by atomic mass is 10.2. The number of nitro groups is 1. The first-order valence-electron chi connectivity index (χ1n) is 7.01. The van der Waals surface area contributed by atoms with Crippen molar-refractivity contribution in [3.8, 4) is 5.82 Å². The molecule has 0 aliphatic carbocycles. The van der Waals surface area contributed by atoms with Crippen molar-refractivity contribution in [2.45, 2.75) is 11.4 Å². The van der Waals surface area contributed by atoms with E-state index in [4.69, 9.17) is 0 Å². The molecule has 0 amide bonds. The zero-order valence-corrected chi connectivity index (χ0v) is 13.5. The van der Waals surface area contributed by atoms with E-state index in [2.05, 4.69) is 19.8 Å². The lowest BCUT2D eigenvalue weighted by Gasteiger charge is -2.10. The van der Waals surface area contributed by atoms with Crippen LogP contribution in [0.1, 0.15) is 5.56 Å². The maximum atomic E-state index is 12.5. The molecule has 1 aromatic carbocycles. The summed E-state index contributed by atoms with van der Waals surface area (Å²) in [7, 11) is -4.08. The fourth-order valence-electron chi connectivity index (χ4n) is 2.18. The quantitative estimate of drug-likeness (QED) is 0.513. The highest BCUT2D eigenvalue weighted by atomic mass is 32.2. The van der Waals surface area contributed by atoms with Crippen LogP contribution in [0, 0.1) is 10.1 Å². The van der Waals surface area contributed by atoms with Crippen molar-refractivity contribution in [3.05, 3.63) is 70.9 Å². The molecule has 0 saturated carbocycles. The van der Waals surface area contributed by atoms with Gasteiger partial charge in [0, 0.05) is 24.4 Å². The van der Waals surface area contributed by atoms with Crippen molar-refractivity contribution in [2.24, 2.45) is 0 Å². The predicted octanol–water partition coefficient (Wildman–Crippen LogP) is 1.05. The highest BCUT2D eigenvalue weighted by Crippen LogP contribution is 2.23. The van der Waals surface area contributed by atoms with Gasteiger partial charge in [-0.05, 0) is 12.1 Å². The smallest absolute Gasteiger partial charge is 0.258 e. The normalized spacial score (nSPS) is 11.4. The number of hydrogen-bond acceptors (Lipinski definition) is 7. The minimum absolute atomic E-state index is 0.114. The zero-order chi connectivity index (χ0) is 17.9. The molecule has 0 saturated heterocycles. The van der Waals surface area contributed by atoms with E-state index in [-0.39, 0.29) is 6.54 Å². The van der Waals surface area contributed by atoms with E-state index in [9.17, 15) is 18.5 Å². The Morgan fingerprint density at radius 3 is 2.72 bits per heavy atom. The summed E-state index contributed by atoms with van der Waals surface area (Å²) in [6.07, 6.45) is 4.30. The number of nitro benzene ring substituents is 1. The molecular weight excluding hydrogens is 348 g/mol. The Bertz CT molecular complexity index is 1000. The number of aromatic nitrogens is 4. The number of nitrogens with zero attached hydrogens (tertiary/aromatic N) is 5. The summed E-state index contributed by atoms with van der Waals surface area (Å²) >= 11 is 0. The van der Waals surface area contributed by atoms with Crippen molar-refractivity contribution in [2.75, 3.05) is 0 Å². The van der Waals surface area contributed by atoms with Gasteiger partial charge in [-0.15, -0.1) is 0 Å². The van der Waals surface area contributed by atoms with Gasteiger partial charge in [-0.3, -0.25) is 10.1 Å². The van der Waals surface area contributed by atoms with Crippen molar-refractivity contribution in [1.29, 1.82) is 0 Å². The molecule has 0 spiro atoms. The number of hydrogen-bond donors (Lipinski definition) is 1. The molecule has 3 rings (SSSR count). The molecule has 3 aromatic rings. The summed E-state index contributed by atoms with van der Waals surface area (Å²) < 4.78 is 28.7. The first-order valence-corrected chi connectivity index (χ1v) is 8.49. The van der Waals surface area contributed by atoms with Crippen LogP contribution in [0.3, 0.4) is 0 Å². The molecule has 10 nitrogen and oxygen atoms in total. The van der Waals surface area contributed by atoms with E-state index >= 15 is 0 Å². The van der Waals surface area contributed by atoms with Crippen molar-refractivity contribution >= 4 is 15.7 Å². The third-order valence-electron chi connectivity index (χ3n) is 3.31. The molecule has 0 aliphatic rings. The van der Waals surface area contributed by atoms with Crippen LogP contribution in [-0.4, -0.2) is 33.1 Å². The minimum Gasteiger partial charge on any atom is -0.258 e. The first kappa shape index (κ1) is 16.7. The Labute approximate surface area is 142 Å². The van der Waals surface area contributed by atoms with Gasteiger partial charge in [0.25, 0.3) is 5.69 Å². The van der Waals surface area contributed by atoms with Crippen molar-refractivity contribution in [1.82, 2.24) is 24.5 Å². The molecule has 11 heteroatoms. The summed E-state index contributed by atoms with van der Waals surface area (Å²) in [4.78, 5) is 17.9. The Morgan fingerprint density at radius 2 is 2.00 bits per heavy atom. The maximum Gasteiger partial charge on any atom is 0.289 e. The lowest BCUT2D eigenvalue weighted by molar-refractivity contribution is -0.387. The Morgan fingerprint density at radius 1 is 1.20 bits per heavy atom. The standard InChI is InChI=1S/C14H12N6O4S/c21-20(22)12-5-1-2-6-13(12)25(23,24)18-8-11-4-3-7-16-14(11)19-10-15-9-17-19/h1-7,9-10,18H,8H2. The van der Waals surface area contributed by atoms with Crippen LogP contribution in [0.15, 0.2) is 60.1 Å². The van der Waals surface area contributed by atoms with Crippen molar-refractivity contribution in [3.63, 3.8) is 0 Å². The fraction of sp³-hybridized carbons (Fsp3) is 0.0714. The average Bonchev–Trinajstić information content (AvgIpc) is 3.15. The molecule has 0 bridgehead atoms. The molecule has 1 N–H and O–H groups in total. The van der Waals surface area contributed by atoms with Gasteiger partial charge in [-0.2, -0.15) is 5.10 Å². The molecule has 0 aliphatic heterocycles. The summed E-state index contributed by atoms with van der Waals surface area (Å²) in [6.45, 7) is -0.114. The third kappa shape index (κ3) is 3.51. The Kier molecular flexibility index (Phi) is 4.50. The Balaban J connectivity index is 1.89. The molecular formula is C14H12N6O4S. The number of para-hydroxylation sites is 1. The molecule has 0 radical (unpaired) electrons. The second kappa shape index (κ2) is 6.75. The number of rotatable bonds is 6. The topological polar surface area (TPSA) is 133 Å². The number of pyridine rings is 1. The summed E-state index contributed by atoms with van der Waals surface area (Å²) in [5.74, 6) is 0.408. The molecule has 0 fully saturated rings. The van der Waals surface area contributed by atoms with Gasteiger partial charge in [0.2, 0.25) is 10.0 Å². The number of benzene rings is 1. The molecule has 2 heterocycles. The van der Waals surface area contributed by atoms with Gasteiger partial charge >= 0.3 is 0 Å². The van der Waals surface area contributed by atoms with Gasteiger partial charge in [-0.1, -0.05) is 18.2 Å². The summed E-state index contributed by atoms with van der Waals surface area (Å²) in [5.41, 5.74) is 0.0489. The van der Waals surface area contributed by atoms with E-state index in [1.807, 2.05) is 0 Å². The van der Waals surface area contributed by atoms with Gasteiger partial charge in [0.1, 0.15) is 12.7 Å². The average molecular weight is 360 g/mol. The summed E-state index contributed by atoms with van der Waals surface area (Å²) in [5, 5.41) is 15.0. The largest absolute Gasteiger partial charge is 0.289 e. The number of sulfonamides is 1. The minimum atomic E-state index is -4.08. The van der Waals surface area contributed by atoms with Gasteiger partial charge in [-0.25, -0.2) is 27.8 Å². The summed E-state index contributed by atoms with van der Waals surface area (Å²) in [6, 6.07) is 8.47. The van der Waals surface area contributed by atoms with Crippen LogP contribution in [0.5, 0.6) is 0 Å². The second-order valence-electron chi connectivity index (χ2n) is 4.88. The van der Waals surface area contributed by atoms with E-state index < -0.39 is 25.5 Å². The SMILES string of the molecule is O=[N+]([O-])c1ccccc1S(=O)(=O)NCc1cccnc1-n1cncn1. The fourth-order valence-corrected chi connectivity index (χ4v) is 3.35. The van der Waals surface area contributed by atoms with E-state index in [1.165, 1.54) is 41.7 Å². The molecule has 0 unspecified atom stereocenters. The van der Waals surface area contributed by atoms with Crippen LogP contribution in [0.25, 0.3) is 5.82 Å². The molecule has 2 aromatic heterocycles. The molecule has 25 heavy (non-hydrogen) atoms. The third-order valence-corrected chi connectivity index (χ3v) is 4.76. The number of nitrogens with one attached hydrogen (secondary N) is 1.